The van der Waals surface area contributed by atoms with Crippen LogP contribution in [0.4, 0.5) is 0 Å². The number of thiophene rings is 1. The molecule has 0 saturated heterocycles. The molecule has 26 heavy (non-hydrogen) atoms. The van der Waals surface area contributed by atoms with Crippen LogP contribution in [0, 0.1) is 0 Å². The average Bonchev–Trinajstić information content (AvgIpc) is 3.19. The summed E-state index contributed by atoms with van der Waals surface area (Å²) in [5.74, 6) is -0.190. The van der Waals surface area contributed by atoms with Gasteiger partial charge < -0.3 is 4.90 Å². The predicted octanol–water partition coefficient (Wildman–Crippen LogP) is 5.39. The van der Waals surface area contributed by atoms with Gasteiger partial charge in [-0.2, -0.15) is 0 Å². The number of fused-ring (bicyclic) bond motifs is 1. The van der Waals surface area contributed by atoms with Crippen LogP contribution in [0.15, 0.2) is 75.9 Å². The molecule has 2 heterocycles. The molecular formula is C21H14BrNO2S. The molecule has 3 aromatic rings. The zero-order valence-electron chi connectivity index (χ0n) is 13.7. The van der Waals surface area contributed by atoms with Crippen molar-refractivity contribution in [3.8, 4) is 0 Å². The second kappa shape index (κ2) is 7.02. The van der Waals surface area contributed by atoms with Crippen molar-refractivity contribution in [2.24, 2.45) is 0 Å². The van der Waals surface area contributed by atoms with Gasteiger partial charge in [0.05, 0.1) is 16.0 Å². The van der Waals surface area contributed by atoms with E-state index in [1.165, 1.54) is 0 Å². The molecule has 2 aromatic carbocycles. The topological polar surface area (TPSA) is 37.4 Å². The summed E-state index contributed by atoms with van der Waals surface area (Å²) in [4.78, 5) is 27.3. The molecule has 0 fully saturated rings. The van der Waals surface area contributed by atoms with Crippen molar-refractivity contribution in [1.82, 2.24) is 4.90 Å². The van der Waals surface area contributed by atoms with Crippen LogP contribution in [-0.2, 0) is 6.54 Å². The number of rotatable bonds is 4. The van der Waals surface area contributed by atoms with E-state index in [0.29, 0.717) is 23.4 Å². The van der Waals surface area contributed by atoms with Crippen LogP contribution >= 0.6 is 27.3 Å². The van der Waals surface area contributed by atoms with Gasteiger partial charge in [-0.3, -0.25) is 9.59 Å². The maximum absolute atomic E-state index is 12.9. The fraction of sp³-hybridized carbons (Fsp3) is 0.0476. The molecule has 3 nitrogen and oxygen atoms in total. The standard InChI is InChI=1S/C21H14BrNO2S/c22-20-15(10-11-26-20)13-23-18(12-19(24)14-6-2-1-3-7-14)16-8-4-5-9-17(16)21(23)25/h1-12H,13H2/b18-12+. The molecule has 0 saturated carbocycles. The SMILES string of the molecule is O=C(/C=C1\c2ccccc2C(=O)N1Cc1ccsc1Br)c1ccccc1. The lowest BCUT2D eigenvalue weighted by molar-refractivity contribution is 0.0843. The average molecular weight is 424 g/mol. The smallest absolute Gasteiger partial charge is 0.259 e. The maximum Gasteiger partial charge on any atom is 0.259 e. The molecule has 0 aliphatic carbocycles. The zero-order valence-corrected chi connectivity index (χ0v) is 16.1. The summed E-state index contributed by atoms with van der Waals surface area (Å²) in [5.41, 5.74) is 3.71. The van der Waals surface area contributed by atoms with Gasteiger partial charge >= 0.3 is 0 Å². The highest BCUT2D eigenvalue weighted by molar-refractivity contribution is 9.11. The largest absolute Gasteiger partial charge is 0.303 e. The van der Waals surface area contributed by atoms with E-state index >= 15 is 0 Å². The van der Waals surface area contributed by atoms with E-state index in [4.69, 9.17) is 0 Å². The molecule has 1 aliphatic heterocycles. The summed E-state index contributed by atoms with van der Waals surface area (Å²) in [6.45, 7) is 0.422. The second-order valence-electron chi connectivity index (χ2n) is 5.92. The highest BCUT2D eigenvalue weighted by atomic mass is 79.9. The number of hydrogen-bond acceptors (Lipinski definition) is 3. The van der Waals surface area contributed by atoms with Crippen LogP contribution in [0.25, 0.3) is 5.70 Å². The number of carbonyl (C=O) groups excluding carboxylic acids is 2. The fourth-order valence-corrected chi connectivity index (χ4v) is 4.24. The number of benzene rings is 2. The highest BCUT2D eigenvalue weighted by Gasteiger charge is 2.32. The lowest BCUT2D eigenvalue weighted by Gasteiger charge is -2.18. The van der Waals surface area contributed by atoms with Crippen molar-refractivity contribution in [2.75, 3.05) is 0 Å². The molecule has 0 radical (unpaired) electrons. The first kappa shape index (κ1) is 16.9. The number of ketones is 1. The van der Waals surface area contributed by atoms with Crippen LogP contribution in [0.2, 0.25) is 0 Å². The monoisotopic (exact) mass is 423 g/mol. The molecule has 0 N–H and O–H groups in total. The lowest BCUT2D eigenvalue weighted by atomic mass is 10.1. The maximum atomic E-state index is 12.9. The highest BCUT2D eigenvalue weighted by Crippen LogP contribution is 2.36. The first-order chi connectivity index (χ1) is 12.6. The van der Waals surface area contributed by atoms with Gasteiger partial charge in [0.2, 0.25) is 0 Å². The molecule has 0 spiro atoms. The minimum absolute atomic E-state index is 0.0780. The lowest BCUT2D eigenvalue weighted by Crippen LogP contribution is -2.23. The Bertz CT molecular complexity index is 1020. The molecule has 1 amide bonds. The van der Waals surface area contributed by atoms with Gasteiger partial charge in [-0.05, 0) is 39.0 Å². The Balaban J connectivity index is 1.77. The number of carbonyl (C=O) groups is 2. The summed E-state index contributed by atoms with van der Waals surface area (Å²) < 4.78 is 0.995. The van der Waals surface area contributed by atoms with Gasteiger partial charge in [0.1, 0.15) is 0 Å². The molecule has 4 rings (SSSR count). The van der Waals surface area contributed by atoms with E-state index in [9.17, 15) is 9.59 Å². The second-order valence-corrected chi connectivity index (χ2v) is 8.15. The van der Waals surface area contributed by atoms with E-state index < -0.39 is 0 Å². The Morgan fingerprint density at radius 1 is 1.00 bits per heavy atom. The summed E-state index contributed by atoms with van der Waals surface area (Å²) >= 11 is 5.11. The van der Waals surface area contributed by atoms with E-state index in [2.05, 4.69) is 15.9 Å². The van der Waals surface area contributed by atoms with Gasteiger partial charge in [-0.25, -0.2) is 0 Å². The normalized spacial score (nSPS) is 14.7. The van der Waals surface area contributed by atoms with Crippen molar-refractivity contribution in [2.45, 2.75) is 6.54 Å². The van der Waals surface area contributed by atoms with Crippen molar-refractivity contribution in [3.05, 3.63) is 98.2 Å². The molecule has 0 bridgehead atoms. The third-order valence-corrected chi connectivity index (χ3v) is 6.13. The number of halogens is 1. The van der Waals surface area contributed by atoms with Gasteiger partial charge in [0.15, 0.2) is 5.78 Å². The number of nitrogens with zero attached hydrogens (tertiary/aromatic N) is 1. The number of allylic oxidation sites excluding steroid dienone is 1. The van der Waals surface area contributed by atoms with Crippen LogP contribution in [0.3, 0.4) is 0 Å². The molecule has 0 unspecified atom stereocenters. The van der Waals surface area contributed by atoms with Gasteiger partial charge in [-0.1, -0.05) is 48.5 Å². The van der Waals surface area contributed by atoms with Crippen molar-refractivity contribution >= 4 is 44.7 Å². The summed E-state index contributed by atoms with van der Waals surface area (Å²) in [7, 11) is 0. The van der Waals surface area contributed by atoms with E-state index in [0.717, 1.165) is 14.9 Å². The third-order valence-electron chi connectivity index (χ3n) is 4.32. The first-order valence-corrected chi connectivity index (χ1v) is 9.76. The number of hydrogen-bond donors (Lipinski definition) is 0. The minimum Gasteiger partial charge on any atom is -0.303 e. The Hall–Kier alpha value is -2.50. The van der Waals surface area contributed by atoms with Crippen molar-refractivity contribution in [3.63, 3.8) is 0 Å². The third kappa shape index (κ3) is 3.04. The Morgan fingerprint density at radius 2 is 1.69 bits per heavy atom. The number of amides is 1. The molecular weight excluding hydrogens is 410 g/mol. The Labute approximate surface area is 163 Å². The predicted molar refractivity (Wildman–Crippen MR) is 107 cm³/mol. The van der Waals surface area contributed by atoms with E-state index in [1.54, 1.807) is 40.5 Å². The van der Waals surface area contributed by atoms with Gasteiger partial charge in [0, 0.05) is 22.8 Å². The molecule has 5 heteroatoms. The van der Waals surface area contributed by atoms with Crippen LogP contribution in [0.1, 0.15) is 31.8 Å². The molecule has 128 valence electrons. The molecule has 0 atom stereocenters. The molecule has 1 aliphatic rings. The summed E-state index contributed by atoms with van der Waals surface area (Å²) in [5, 5.41) is 1.98. The van der Waals surface area contributed by atoms with Gasteiger partial charge in [0.25, 0.3) is 5.91 Å². The van der Waals surface area contributed by atoms with Crippen LogP contribution < -0.4 is 0 Å². The van der Waals surface area contributed by atoms with Crippen molar-refractivity contribution in [1.29, 1.82) is 0 Å². The quantitative estimate of drug-likeness (QED) is 0.416. The fourth-order valence-electron chi connectivity index (χ4n) is 3.02. The minimum atomic E-state index is -0.112. The van der Waals surface area contributed by atoms with Crippen molar-refractivity contribution < 1.29 is 9.59 Å². The van der Waals surface area contributed by atoms with E-state index in [1.807, 2.05) is 47.8 Å². The Kier molecular flexibility index (Phi) is 4.57. The molecule has 1 aromatic heterocycles. The summed E-state index contributed by atoms with van der Waals surface area (Å²) in [6, 6.07) is 18.5. The van der Waals surface area contributed by atoms with Gasteiger partial charge in [-0.15, -0.1) is 11.3 Å². The van der Waals surface area contributed by atoms with Crippen LogP contribution in [0.5, 0.6) is 0 Å². The first-order valence-electron chi connectivity index (χ1n) is 8.09. The Morgan fingerprint density at radius 3 is 2.38 bits per heavy atom. The van der Waals surface area contributed by atoms with E-state index in [-0.39, 0.29) is 11.7 Å². The van der Waals surface area contributed by atoms with Crippen LogP contribution in [-0.4, -0.2) is 16.6 Å². The summed E-state index contributed by atoms with van der Waals surface area (Å²) in [6.07, 6.45) is 1.57. The zero-order chi connectivity index (χ0) is 18.1.